The van der Waals surface area contributed by atoms with Gasteiger partial charge in [0.25, 0.3) is 15.9 Å². The van der Waals surface area contributed by atoms with Crippen LogP contribution in [0.1, 0.15) is 10.4 Å². The van der Waals surface area contributed by atoms with E-state index in [1.54, 1.807) is 12.1 Å². The molecule has 1 amide bonds. The summed E-state index contributed by atoms with van der Waals surface area (Å²) in [7, 11) is -6.01. The molecule has 0 fully saturated rings. The van der Waals surface area contributed by atoms with Crippen molar-refractivity contribution in [2.75, 3.05) is 18.0 Å². The van der Waals surface area contributed by atoms with Gasteiger partial charge in [0, 0.05) is 30.4 Å². The summed E-state index contributed by atoms with van der Waals surface area (Å²) in [6.07, 6.45) is 2.52. The van der Waals surface area contributed by atoms with Gasteiger partial charge in [-0.2, -0.15) is 0 Å². The summed E-state index contributed by atoms with van der Waals surface area (Å²) >= 11 is 0. The van der Waals surface area contributed by atoms with E-state index in [2.05, 4.69) is 15.0 Å². The summed E-state index contributed by atoms with van der Waals surface area (Å²) in [5.74, 6) is -0.330. The first-order valence-corrected chi connectivity index (χ1v) is 11.4. The molecule has 0 atom stereocenters. The molecule has 0 radical (unpaired) electrons. The number of nitrogens with zero attached hydrogens (tertiary/aromatic N) is 1. The van der Waals surface area contributed by atoms with Crippen molar-refractivity contribution < 1.29 is 21.6 Å². The fourth-order valence-electron chi connectivity index (χ4n) is 2.69. The van der Waals surface area contributed by atoms with Gasteiger partial charge >= 0.3 is 0 Å². The summed E-state index contributed by atoms with van der Waals surface area (Å²) in [5.41, 5.74) is 0.695. The maximum absolute atomic E-state index is 12.7. The monoisotopic (exact) mass is 419 g/mol. The zero-order valence-electron chi connectivity index (χ0n) is 15.0. The van der Waals surface area contributed by atoms with Crippen molar-refractivity contribution in [3.8, 4) is 0 Å². The number of carbonyl (C=O) groups excluding carboxylic acids is 1. The Balaban J connectivity index is 2.04. The van der Waals surface area contributed by atoms with Crippen LogP contribution in [0.5, 0.6) is 0 Å². The first kappa shape index (κ1) is 19.8. The van der Waals surface area contributed by atoms with Gasteiger partial charge in [0.1, 0.15) is 0 Å². The lowest BCUT2D eigenvalue weighted by Gasteiger charge is -2.12. The summed E-state index contributed by atoms with van der Waals surface area (Å²) in [5, 5.41) is 2.78. The topological polar surface area (TPSA) is 122 Å². The Bertz CT molecular complexity index is 1270. The van der Waals surface area contributed by atoms with Crippen LogP contribution in [-0.2, 0) is 19.9 Å². The molecule has 0 saturated carbocycles. The van der Waals surface area contributed by atoms with Gasteiger partial charge in [-0.15, -0.1) is 0 Å². The number of sulfone groups is 1. The van der Waals surface area contributed by atoms with Gasteiger partial charge in [-0.05, 0) is 48.5 Å². The molecule has 10 heteroatoms. The number of fused-ring (bicyclic) bond motifs is 1. The molecule has 0 unspecified atom stereocenters. The van der Waals surface area contributed by atoms with Crippen molar-refractivity contribution in [3.63, 3.8) is 0 Å². The van der Waals surface area contributed by atoms with Gasteiger partial charge in [0.15, 0.2) is 9.84 Å². The quantitative estimate of drug-likeness (QED) is 0.650. The van der Waals surface area contributed by atoms with Gasteiger partial charge in [0.2, 0.25) is 0 Å². The Hall–Kier alpha value is -2.98. The lowest BCUT2D eigenvalue weighted by molar-refractivity contribution is 0.0963. The number of pyridine rings is 1. The number of aromatic nitrogens is 1. The van der Waals surface area contributed by atoms with E-state index in [0.717, 1.165) is 6.26 Å². The summed E-state index contributed by atoms with van der Waals surface area (Å²) in [6, 6.07) is 11.3. The molecule has 8 nitrogen and oxygen atoms in total. The smallest absolute Gasteiger partial charge is 0.261 e. The summed E-state index contributed by atoms with van der Waals surface area (Å²) in [6.45, 7) is 0. The van der Waals surface area contributed by atoms with Gasteiger partial charge in [0.05, 0.1) is 21.0 Å². The minimum atomic E-state index is -3.97. The molecule has 3 rings (SSSR count). The fraction of sp³-hybridized carbons (Fsp3) is 0.111. The first-order chi connectivity index (χ1) is 13.1. The molecule has 0 spiro atoms. The fourth-order valence-corrected chi connectivity index (χ4v) is 4.63. The van der Waals surface area contributed by atoms with E-state index in [1.165, 1.54) is 49.6 Å². The first-order valence-electron chi connectivity index (χ1n) is 8.06. The van der Waals surface area contributed by atoms with Crippen molar-refractivity contribution in [1.29, 1.82) is 0 Å². The molecule has 0 aliphatic rings. The number of benzene rings is 2. The summed E-state index contributed by atoms with van der Waals surface area (Å²) in [4.78, 5) is 15.7. The van der Waals surface area contributed by atoms with Crippen molar-refractivity contribution in [2.45, 2.75) is 9.79 Å². The number of hydrogen-bond acceptors (Lipinski definition) is 6. The number of anilines is 1. The molecule has 0 saturated heterocycles. The molecule has 2 N–H and O–H groups in total. The highest BCUT2D eigenvalue weighted by atomic mass is 32.2. The van der Waals surface area contributed by atoms with Crippen LogP contribution in [0.2, 0.25) is 0 Å². The average molecular weight is 419 g/mol. The van der Waals surface area contributed by atoms with Crippen LogP contribution in [0.3, 0.4) is 0 Å². The van der Waals surface area contributed by atoms with Crippen LogP contribution in [0.4, 0.5) is 5.69 Å². The molecule has 28 heavy (non-hydrogen) atoms. The second kappa shape index (κ2) is 7.21. The van der Waals surface area contributed by atoms with Crippen molar-refractivity contribution in [3.05, 3.63) is 60.3 Å². The molecule has 1 heterocycles. The molecule has 3 aromatic rings. The third kappa shape index (κ3) is 3.82. The average Bonchev–Trinajstić information content (AvgIpc) is 2.66. The van der Waals surface area contributed by atoms with E-state index in [-0.39, 0.29) is 26.9 Å². The zero-order valence-corrected chi connectivity index (χ0v) is 16.6. The maximum Gasteiger partial charge on any atom is 0.261 e. The van der Waals surface area contributed by atoms with Crippen LogP contribution in [0.15, 0.2) is 64.5 Å². The van der Waals surface area contributed by atoms with E-state index in [4.69, 9.17) is 0 Å². The Labute approximate surface area is 162 Å². The predicted octanol–water partition coefficient (Wildman–Crippen LogP) is 1.80. The van der Waals surface area contributed by atoms with Gasteiger partial charge in [-0.3, -0.25) is 14.5 Å². The minimum absolute atomic E-state index is 0.0450. The third-order valence-electron chi connectivity index (χ3n) is 4.03. The van der Waals surface area contributed by atoms with E-state index < -0.39 is 19.9 Å². The van der Waals surface area contributed by atoms with E-state index in [1.807, 2.05) is 0 Å². The molecular formula is C18H17N3O5S2. The normalized spacial score (nSPS) is 11.9. The van der Waals surface area contributed by atoms with Crippen LogP contribution in [0, 0.1) is 0 Å². The largest absolute Gasteiger partial charge is 0.355 e. The number of sulfonamides is 1. The van der Waals surface area contributed by atoms with Crippen molar-refractivity contribution in [2.24, 2.45) is 0 Å². The minimum Gasteiger partial charge on any atom is -0.355 e. The van der Waals surface area contributed by atoms with E-state index >= 15 is 0 Å². The zero-order chi connectivity index (χ0) is 20.5. The van der Waals surface area contributed by atoms with E-state index in [0.29, 0.717) is 10.9 Å². The number of nitrogens with one attached hydrogen (secondary N) is 2. The molecule has 146 valence electrons. The highest BCUT2D eigenvalue weighted by molar-refractivity contribution is 7.92. The third-order valence-corrected chi connectivity index (χ3v) is 6.56. The predicted molar refractivity (Wildman–Crippen MR) is 105 cm³/mol. The SMILES string of the molecule is CNC(=O)c1ccc(S(=O)(=O)Nc2ccc(S(C)(=O)=O)c3cccnc23)cc1. The van der Waals surface area contributed by atoms with Crippen LogP contribution in [-0.4, -0.2) is 41.0 Å². The maximum atomic E-state index is 12.7. The standard InChI is InChI=1S/C18H17N3O5S2/c1-19-18(22)12-5-7-13(8-6-12)28(25,26)21-15-9-10-16(27(2,23)24)14-4-3-11-20-17(14)15/h3-11,21H,1-2H3,(H,19,22). The molecule has 0 bridgehead atoms. The Morgan fingerprint density at radius 3 is 2.25 bits per heavy atom. The van der Waals surface area contributed by atoms with Gasteiger partial charge in [-0.25, -0.2) is 16.8 Å². The lowest BCUT2D eigenvalue weighted by atomic mass is 10.2. The number of carbonyl (C=O) groups is 1. The van der Waals surface area contributed by atoms with Crippen molar-refractivity contribution >= 4 is 42.4 Å². The molecule has 2 aromatic carbocycles. The van der Waals surface area contributed by atoms with Crippen molar-refractivity contribution in [1.82, 2.24) is 10.3 Å². The van der Waals surface area contributed by atoms with Crippen LogP contribution in [0.25, 0.3) is 10.9 Å². The number of amides is 1. The second-order valence-corrected chi connectivity index (χ2v) is 9.66. The Kier molecular flexibility index (Phi) is 5.09. The second-order valence-electron chi connectivity index (χ2n) is 5.99. The molecule has 1 aromatic heterocycles. The van der Waals surface area contributed by atoms with Gasteiger partial charge in [-0.1, -0.05) is 0 Å². The van der Waals surface area contributed by atoms with Gasteiger partial charge < -0.3 is 5.32 Å². The summed E-state index contributed by atoms with van der Waals surface area (Å²) < 4.78 is 51.8. The number of hydrogen-bond donors (Lipinski definition) is 2. The highest BCUT2D eigenvalue weighted by Gasteiger charge is 2.19. The lowest BCUT2D eigenvalue weighted by Crippen LogP contribution is -2.18. The van der Waals surface area contributed by atoms with Crippen LogP contribution >= 0.6 is 0 Å². The molecule has 0 aliphatic heterocycles. The molecular weight excluding hydrogens is 402 g/mol. The number of rotatable bonds is 5. The Morgan fingerprint density at radius 1 is 0.964 bits per heavy atom. The molecule has 0 aliphatic carbocycles. The highest BCUT2D eigenvalue weighted by Crippen LogP contribution is 2.29. The Morgan fingerprint density at radius 2 is 1.64 bits per heavy atom. The van der Waals surface area contributed by atoms with Crippen LogP contribution < -0.4 is 10.0 Å². The van der Waals surface area contributed by atoms with E-state index in [9.17, 15) is 21.6 Å².